The fourth-order valence-corrected chi connectivity index (χ4v) is 2.91. The zero-order valence-electron chi connectivity index (χ0n) is 13.3. The number of methoxy groups -OCH3 is 1. The van der Waals surface area contributed by atoms with E-state index in [0.717, 1.165) is 37.3 Å². The lowest BCUT2D eigenvalue weighted by Crippen LogP contribution is -2.36. The molecule has 1 N–H and O–H groups in total. The number of esters is 1. The summed E-state index contributed by atoms with van der Waals surface area (Å²) in [5.41, 5.74) is 1.91. The number of ether oxygens (including phenoxy) is 1. The normalized spacial score (nSPS) is 15.9. The van der Waals surface area contributed by atoms with Gasteiger partial charge in [-0.1, -0.05) is 11.8 Å². The Kier molecular flexibility index (Phi) is 6.29. The van der Waals surface area contributed by atoms with Crippen LogP contribution in [0.3, 0.4) is 0 Å². The third-order valence-electron chi connectivity index (χ3n) is 3.83. The van der Waals surface area contributed by atoms with Gasteiger partial charge in [0.2, 0.25) is 0 Å². The van der Waals surface area contributed by atoms with Gasteiger partial charge in [0.25, 0.3) is 0 Å². The largest absolute Gasteiger partial charge is 0.469 e. The van der Waals surface area contributed by atoms with E-state index < -0.39 is 0 Å². The van der Waals surface area contributed by atoms with Gasteiger partial charge in [0.1, 0.15) is 0 Å². The topological polar surface area (TPSA) is 77.7 Å². The Morgan fingerprint density at radius 1 is 1.39 bits per heavy atom. The molecule has 0 spiro atoms. The van der Waals surface area contributed by atoms with Crippen molar-refractivity contribution in [1.82, 2.24) is 5.32 Å². The first kappa shape index (κ1) is 17.2. The number of anilines is 1. The van der Waals surface area contributed by atoms with Crippen LogP contribution in [-0.4, -0.2) is 37.6 Å². The number of nitriles is 1. The summed E-state index contributed by atoms with van der Waals surface area (Å²) in [4.78, 5) is 18.2. The van der Waals surface area contributed by atoms with E-state index in [1.165, 1.54) is 18.9 Å². The lowest BCUT2D eigenvalue weighted by atomic mass is 9.96. The van der Waals surface area contributed by atoms with Crippen LogP contribution in [0.25, 0.3) is 0 Å². The van der Waals surface area contributed by atoms with E-state index in [1.54, 1.807) is 0 Å². The number of nitrogens with one attached hydrogen (secondary N) is 1. The van der Waals surface area contributed by atoms with Gasteiger partial charge in [0.05, 0.1) is 18.7 Å². The van der Waals surface area contributed by atoms with Gasteiger partial charge in [-0.2, -0.15) is 5.26 Å². The maximum Gasteiger partial charge on any atom is 0.308 e. The van der Waals surface area contributed by atoms with Crippen molar-refractivity contribution >= 4 is 34.3 Å². The van der Waals surface area contributed by atoms with E-state index in [0.29, 0.717) is 5.17 Å². The first-order chi connectivity index (χ1) is 11.2. The Labute approximate surface area is 140 Å². The number of thioether (sulfide) groups is 1. The second-order valence-corrected chi connectivity index (χ2v) is 5.95. The van der Waals surface area contributed by atoms with Crippen molar-refractivity contribution in [2.75, 3.05) is 31.4 Å². The van der Waals surface area contributed by atoms with Crippen LogP contribution >= 0.6 is 11.8 Å². The van der Waals surface area contributed by atoms with Gasteiger partial charge in [-0.25, -0.2) is 4.99 Å². The Morgan fingerprint density at radius 2 is 2.04 bits per heavy atom. The summed E-state index contributed by atoms with van der Waals surface area (Å²) in [5, 5.41) is 11.8. The monoisotopic (exact) mass is 332 g/mol. The highest BCUT2D eigenvalue weighted by atomic mass is 32.2. The average Bonchev–Trinajstić information content (AvgIpc) is 2.61. The van der Waals surface area contributed by atoms with Gasteiger partial charge in [0, 0.05) is 18.8 Å². The first-order valence-electron chi connectivity index (χ1n) is 7.38. The molecular formula is C16H20N4O2S. The summed E-state index contributed by atoms with van der Waals surface area (Å²) in [6.07, 6.45) is 5.37. The molecule has 1 aromatic rings. The van der Waals surface area contributed by atoms with Gasteiger partial charge in [-0.3, -0.25) is 10.1 Å². The standard InChI is InChI=1S/C16H20N4O2S/c1-22-15(21)12-7-9-20(10-8-12)14-5-3-13(4-6-14)19-16(23-2)18-11-17/h3-6,12H,7-10H2,1-2H3,(H,18,19). The summed E-state index contributed by atoms with van der Waals surface area (Å²) >= 11 is 1.39. The first-order valence-corrected chi connectivity index (χ1v) is 8.61. The second kappa shape index (κ2) is 8.44. The van der Waals surface area contributed by atoms with Gasteiger partial charge >= 0.3 is 5.97 Å². The van der Waals surface area contributed by atoms with E-state index in [9.17, 15) is 4.79 Å². The van der Waals surface area contributed by atoms with E-state index in [2.05, 4.69) is 15.2 Å². The zero-order chi connectivity index (χ0) is 16.7. The van der Waals surface area contributed by atoms with Crippen molar-refractivity contribution in [2.24, 2.45) is 10.9 Å². The van der Waals surface area contributed by atoms with Crippen LogP contribution in [0, 0.1) is 17.4 Å². The highest BCUT2D eigenvalue weighted by Gasteiger charge is 2.25. The van der Waals surface area contributed by atoms with Gasteiger partial charge in [0.15, 0.2) is 11.4 Å². The van der Waals surface area contributed by atoms with Crippen LogP contribution in [0.1, 0.15) is 12.8 Å². The Morgan fingerprint density at radius 3 is 2.57 bits per heavy atom. The minimum absolute atomic E-state index is 0.0151. The van der Waals surface area contributed by atoms with Crippen molar-refractivity contribution in [3.05, 3.63) is 24.3 Å². The van der Waals surface area contributed by atoms with Gasteiger partial charge in [-0.15, -0.1) is 0 Å². The van der Waals surface area contributed by atoms with E-state index >= 15 is 0 Å². The summed E-state index contributed by atoms with van der Waals surface area (Å²) in [6.45, 7) is 1.68. The number of hydrogen-bond acceptors (Lipinski definition) is 6. The fraction of sp³-hybridized carbons (Fsp3) is 0.438. The van der Waals surface area contributed by atoms with Crippen molar-refractivity contribution < 1.29 is 9.53 Å². The highest BCUT2D eigenvalue weighted by molar-refractivity contribution is 8.13. The van der Waals surface area contributed by atoms with Crippen LogP contribution in [0.15, 0.2) is 29.3 Å². The molecule has 0 amide bonds. The van der Waals surface area contributed by atoms with Gasteiger partial charge < -0.3 is 9.64 Å². The minimum Gasteiger partial charge on any atom is -0.469 e. The number of piperidine rings is 1. The molecular weight excluding hydrogens is 312 g/mol. The molecule has 1 aromatic carbocycles. The molecule has 6 nitrogen and oxygen atoms in total. The SMILES string of the molecule is COC(=O)C1CCN(c2ccc(N=C(NC#N)SC)cc2)CC1. The lowest BCUT2D eigenvalue weighted by molar-refractivity contribution is -0.146. The molecule has 23 heavy (non-hydrogen) atoms. The molecule has 0 saturated carbocycles. The minimum atomic E-state index is -0.107. The third-order valence-corrected chi connectivity index (χ3v) is 4.41. The molecule has 1 aliphatic heterocycles. The number of hydrogen-bond donors (Lipinski definition) is 1. The number of rotatable bonds is 3. The number of carbonyl (C=O) groups excluding carboxylic acids is 1. The van der Waals surface area contributed by atoms with Crippen LogP contribution in [0.2, 0.25) is 0 Å². The molecule has 0 aromatic heterocycles. The maximum absolute atomic E-state index is 11.6. The quantitative estimate of drug-likeness (QED) is 0.301. The molecule has 0 radical (unpaired) electrons. The molecule has 1 aliphatic rings. The van der Waals surface area contributed by atoms with Crippen molar-refractivity contribution in [1.29, 1.82) is 5.26 Å². The predicted octanol–water partition coefficient (Wildman–Crippen LogP) is 2.50. The van der Waals surface area contributed by atoms with Crippen molar-refractivity contribution in [3.63, 3.8) is 0 Å². The van der Waals surface area contributed by atoms with Crippen LogP contribution < -0.4 is 10.2 Å². The number of benzene rings is 1. The summed E-state index contributed by atoms with van der Waals surface area (Å²) in [5.74, 6) is -0.0924. The van der Waals surface area contributed by atoms with Crippen molar-refractivity contribution in [3.8, 4) is 6.19 Å². The van der Waals surface area contributed by atoms with E-state index in [4.69, 9.17) is 10.00 Å². The van der Waals surface area contributed by atoms with E-state index in [-0.39, 0.29) is 11.9 Å². The van der Waals surface area contributed by atoms with Crippen LogP contribution in [-0.2, 0) is 9.53 Å². The summed E-state index contributed by atoms with van der Waals surface area (Å²) < 4.78 is 4.81. The molecule has 1 saturated heterocycles. The molecule has 0 bridgehead atoms. The smallest absolute Gasteiger partial charge is 0.308 e. The molecule has 1 heterocycles. The Bertz CT molecular complexity index is 602. The maximum atomic E-state index is 11.6. The molecule has 122 valence electrons. The lowest BCUT2D eigenvalue weighted by Gasteiger charge is -2.32. The Balaban J connectivity index is 1.98. The number of aliphatic imine (C=N–C) groups is 1. The Hall–Kier alpha value is -2.20. The number of carbonyl (C=O) groups is 1. The fourth-order valence-electron chi connectivity index (χ4n) is 2.57. The summed E-state index contributed by atoms with van der Waals surface area (Å²) in [6, 6.07) is 7.89. The van der Waals surface area contributed by atoms with Crippen LogP contribution in [0.4, 0.5) is 11.4 Å². The molecule has 0 unspecified atom stereocenters. The van der Waals surface area contributed by atoms with Crippen molar-refractivity contribution in [2.45, 2.75) is 12.8 Å². The zero-order valence-corrected chi connectivity index (χ0v) is 14.1. The predicted molar refractivity (Wildman–Crippen MR) is 92.8 cm³/mol. The van der Waals surface area contributed by atoms with Gasteiger partial charge in [-0.05, 0) is 43.4 Å². The molecule has 0 aliphatic carbocycles. The molecule has 7 heteroatoms. The van der Waals surface area contributed by atoms with Crippen LogP contribution in [0.5, 0.6) is 0 Å². The van der Waals surface area contributed by atoms with E-state index in [1.807, 2.05) is 36.7 Å². The third kappa shape index (κ3) is 4.63. The molecule has 0 atom stereocenters. The number of nitrogens with zero attached hydrogens (tertiary/aromatic N) is 3. The highest BCUT2D eigenvalue weighted by Crippen LogP contribution is 2.26. The molecule has 1 fully saturated rings. The average molecular weight is 332 g/mol. The second-order valence-electron chi connectivity index (χ2n) is 5.16. The molecule has 2 rings (SSSR count). The summed E-state index contributed by atoms with van der Waals surface area (Å²) in [7, 11) is 1.44. The number of amidine groups is 1.